The van der Waals surface area contributed by atoms with E-state index in [0.717, 1.165) is 19.5 Å². The van der Waals surface area contributed by atoms with Crippen LogP contribution in [0.3, 0.4) is 0 Å². The van der Waals surface area contributed by atoms with Crippen LogP contribution in [0.5, 0.6) is 5.75 Å². The molecule has 31 heavy (non-hydrogen) atoms. The van der Waals surface area contributed by atoms with E-state index in [1.54, 1.807) is 25.3 Å². The highest BCUT2D eigenvalue weighted by atomic mass is 35.5. The van der Waals surface area contributed by atoms with E-state index < -0.39 is 0 Å². The molecule has 1 aromatic heterocycles. The first-order valence-electron chi connectivity index (χ1n) is 9.83. The summed E-state index contributed by atoms with van der Waals surface area (Å²) < 4.78 is 10.9. The maximum absolute atomic E-state index is 12.9. The number of anilines is 2. The Balaban J connectivity index is 1.54. The van der Waals surface area contributed by atoms with E-state index in [1.807, 2.05) is 0 Å². The molecule has 1 aromatic carbocycles. The zero-order valence-electron chi connectivity index (χ0n) is 17.4. The summed E-state index contributed by atoms with van der Waals surface area (Å²) in [4.78, 5) is 15.1. The largest absolute Gasteiger partial charge is 0.496 e. The zero-order valence-corrected chi connectivity index (χ0v) is 18.9. The number of hydrogen-bond acceptors (Lipinski definition) is 8. The SMILES string of the molecule is COc1cc(N)c(Cl)cc1C(=O)NC1CCN(CCNc2ccc(Cl)nn2)CC1OC. The van der Waals surface area contributed by atoms with Crippen LogP contribution in [0.15, 0.2) is 24.3 Å². The second-order valence-corrected chi connectivity index (χ2v) is 7.98. The van der Waals surface area contributed by atoms with Crippen LogP contribution in [0.25, 0.3) is 0 Å². The van der Waals surface area contributed by atoms with E-state index in [4.69, 9.17) is 38.4 Å². The highest BCUT2D eigenvalue weighted by Gasteiger charge is 2.31. The third-order valence-electron chi connectivity index (χ3n) is 5.19. The number of nitrogens with two attached hydrogens (primary N) is 1. The Morgan fingerprint density at radius 2 is 2.10 bits per heavy atom. The lowest BCUT2D eigenvalue weighted by Gasteiger charge is -2.38. The summed E-state index contributed by atoms with van der Waals surface area (Å²) in [7, 11) is 3.13. The topological polar surface area (TPSA) is 115 Å². The molecule has 0 aliphatic carbocycles. The number of ether oxygens (including phenoxy) is 2. The maximum atomic E-state index is 12.9. The molecular weight excluding hydrogens is 443 g/mol. The number of benzene rings is 1. The zero-order chi connectivity index (χ0) is 22.4. The molecule has 4 N–H and O–H groups in total. The monoisotopic (exact) mass is 468 g/mol. The van der Waals surface area contributed by atoms with Crippen molar-refractivity contribution in [3.63, 3.8) is 0 Å². The number of aromatic nitrogens is 2. The Morgan fingerprint density at radius 3 is 2.77 bits per heavy atom. The minimum atomic E-state index is -0.276. The van der Waals surface area contributed by atoms with Gasteiger partial charge in [-0.15, -0.1) is 10.2 Å². The number of halogens is 2. The van der Waals surface area contributed by atoms with Gasteiger partial charge in [0.15, 0.2) is 5.15 Å². The molecule has 1 amide bonds. The molecule has 9 nitrogen and oxygen atoms in total. The number of nitrogens with one attached hydrogen (secondary N) is 2. The molecule has 1 aliphatic heterocycles. The fourth-order valence-electron chi connectivity index (χ4n) is 3.50. The van der Waals surface area contributed by atoms with Crippen LogP contribution in [0.1, 0.15) is 16.8 Å². The predicted molar refractivity (Wildman–Crippen MR) is 121 cm³/mol. The van der Waals surface area contributed by atoms with E-state index in [0.29, 0.717) is 46.1 Å². The van der Waals surface area contributed by atoms with Crippen LogP contribution in [0.2, 0.25) is 10.2 Å². The van der Waals surface area contributed by atoms with Gasteiger partial charge in [-0.1, -0.05) is 23.2 Å². The van der Waals surface area contributed by atoms with Crippen molar-refractivity contribution >= 4 is 40.6 Å². The van der Waals surface area contributed by atoms with E-state index >= 15 is 0 Å². The first-order chi connectivity index (χ1) is 14.9. The van der Waals surface area contributed by atoms with E-state index in [9.17, 15) is 4.79 Å². The lowest BCUT2D eigenvalue weighted by molar-refractivity contribution is 0.00762. The van der Waals surface area contributed by atoms with Gasteiger partial charge in [-0.2, -0.15) is 0 Å². The number of nitrogen functional groups attached to an aromatic ring is 1. The molecule has 1 aliphatic rings. The quantitative estimate of drug-likeness (QED) is 0.505. The van der Waals surface area contributed by atoms with Crippen molar-refractivity contribution < 1.29 is 14.3 Å². The third-order valence-corrected chi connectivity index (χ3v) is 5.72. The Morgan fingerprint density at radius 1 is 1.29 bits per heavy atom. The number of piperidine rings is 1. The fraction of sp³-hybridized carbons (Fsp3) is 0.450. The Labute approximate surface area is 191 Å². The molecule has 1 saturated heterocycles. The molecule has 0 saturated carbocycles. The Bertz CT molecular complexity index is 899. The van der Waals surface area contributed by atoms with Gasteiger partial charge in [-0.3, -0.25) is 9.69 Å². The van der Waals surface area contributed by atoms with Crippen LogP contribution < -0.4 is 21.1 Å². The highest BCUT2D eigenvalue weighted by Crippen LogP contribution is 2.29. The fourth-order valence-corrected chi connectivity index (χ4v) is 3.77. The minimum absolute atomic E-state index is 0.134. The summed E-state index contributed by atoms with van der Waals surface area (Å²) in [5.74, 6) is 0.773. The van der Waals surface area contributed by atoms with Gasteiger partial charge in [-0.25, -0.2) is 0 Å². The number of likely N-dealkylation sites (tertiary alicyclic amines) is 1. The van der Waals surface area contributed by atoms with E-state index in [-0.39, 0.29) is 18.1 Å². The molecule has 0 radical (unpaired) electrons. The van der Waals surface area contributed by atoms with Gasteiger partial charge < -0.3 is 25.8 Å². The molecule has 0 spiro atoms. The first-order valence-corrected chi connectivity index (χ1v) is 10.6. The van der Waals surface area contributed by atoms with Gasteiger partial charge in [0, 0.05) is 39.4 Å². The lowest BCUT2D eigenvalue weighted by Crippen LogP contribution is -2.55. The molecule has 2 unspecified atom stereocenters. The van der Waals surface area contributed by atoms with Crippen molar-refractivity contribution in [2.75, 3.05) is 51.4 Å². The summed E-state index contributed by atoms with van der Waals surface area (Å²) in [6, 6.07) is 6.41. The van der Waals surface area contributed by atoms with Gasteiger partial charge in [0.25, 0.3) is 5.91 Å². The Kier molecular flexibility index (Phi) is 8.14. The van der Waals surface area contributed by atoms with Crippen molar-refractivity contribution in [1.82, 2.24) is 20.4 Å². The normalized spacial score (nSPS) is 19.1. The van der Waals surface area contributed by atoms with Gasteiger partial charge >= 0.3 is 0 Å². The summed E-state index contributed by atoms with van der Waals surface area (Å²) >= 11 is 11.8. The molecule has 3 rings (SSSR count). The smallest absolute Gasteiger partial charge is 0.255 e. The van der Waals surface area contributed by atoms with E-state index in [2.05, 4.69) is 25.7 Å². The molecule has 1 fully saturated rings. The highest BCUT2D eigenvalue weighted by molar-refractivity contribution is 6.33. The van der Waals surface area contributed by atoms with Crippen LogP contribution in [0, 0.1) is 0 Å². The van der Waals surface area contributed by atoms with Crippen LogP contribution in [0.4, 0.5) is 11.5 Å². The number of carbonyl (C=O) groups is 1. The Hall–Kier alpha value is -2.33. The number of rotatable bonds is 8. The number of hydrogen-bond donors (Lipinski definition) is 3. The van der Waals surface area contributed by atoms with Gasteiger partial charge in [-0.05, 0) is 24.6 Å². The molecule has 2 atom stereocenters. The van der Waals surface area contributed by atoms with E-state index in [1.165, 1.54) is 13.2 Å². The number of amides is 1. The second-order valence-electron chi connectivity index (χ2n) is 7.19. The first kappa shape index (κ1) is 23.3. The number of carbonyl (C=O) groups excluding carboxylic acids is 1. The summed E-state index contributed by atoms with van der Waals surface area (Å²) in [6.45, 7) is 3.00. The number of methoxy groups -OCH3 is 2. The summed E-state index contributed by atoms with van der Waals surface area (Å²) in [5.41, 5.74) is 6.50. The molecule has 168 valence electrons. The summed E-state index contributed by atoms with van der Waals surface area (Å²) in [6.07, 6.45) is 0.596. The van der Waals surface area contributed by atoms with Crippen molar-refractivity contribution in [2.45, 2.75) is 18.6 Å². The van der Waals surface area contributed by atoms with Crippen molar-refractivity contribution in [3.8, 4) is 5.75 Å². The van der Waals surface area contributed by atoms with Gasteiger partial charge in [0.1, 0.15) is 11.6 Å². The lowest BCUT2D eigenvalue weighted by atomic mass is 10.0. The minimum Gasteiger partial charge on any atom is -0.496 e. The van der Waals surface area contributed by atoms with Gasteiger partial charge in [0.05, 0.1) is 35.5 Å². The molecule has 0 bridgehead atoms. The van der Waals surface area contributed by atoms with Gasteiger partial charge in [0.2, 0.25) is 0 Å². The summed E-state index contributed by atoms with van der Waals surface area (Å²) in [5, 5.41) is 14.7. The molecule has 2 heterocycles. The standard InChI is InChI=1S/C20H26Cl2N6O3/c1-30-16-10-14(23)13(21)9-12(16)20(29)25-15-5-7-28(11-17(15)31-2)8-6-24-19-4-3-18(22)26-27-19/h3-4,9-10,15,17H,5-8,11,23H2,1-2H3,(H,24,27)(H,25,29). The number of nitrogens with zero attached hydrogens (tertiary/aromatic N) is 3. The van der Waals surface area contributed by atoms with Crippen LogP contribution in [-0.4, -0.2) is 73.5 Å². The molecule has 11 heteroatoms. The average Bonchev–Trinajstić information content (AvgIpc) is 2.77. The third kappa shape index (κ3) is 6.10. The van der Waals surface area contributed by atoms with Crippen molar-refractivity contribution in [1.29, 1.82) is 0 Å². The van der Waals surface area contributed by atoms with Crippen molar-refractivity contribution in [3.05, 3.63) is 40.0 Å². The molecular formula is C20H26Cl2N6O3. The average molecular weight is 469 g/mol. The van der Waals surface area contributed by atoms with Crippen molar-refractivity contribution in [2.24, 2.45) is 0 Å². The van der Waals surface area contributed by atoms with Crippen LogP contribution >= 0.6 is 23.2 Å². The predicted octanol–water partition coefficient (Wildman–Crippen LogP) is 2.31. The maximum Gasteiger partial charge on any atom is 0.255 e. The van der Waals surface area contributed by atoms with Crippen LogP contribution in [-0.2, 0) is 4.74 Å². The molecule has 2 aromatic rings. The second kappa shape index (κ2) is 10.8.